The third-order valence-corrected chi connectivity index (χ3v) is 6.68. The number of benzene rings is 2. The molecule has 7 rings (SSSR count). The van der Waals surface area contributed by atoms with Gasteiger partial charge in [0.15, 0.2) is 5.82 Å². The molecule has 0 aliphatic carbocycles. The van der Waals surface area contributed by atoms with Gasteiger partial charge in [0.2, 0.25) is 5.89 Å². The van der Waals surface area contributed by atoms with Crippen molar-refractivity contribution >= 4 is 11.0 Å². The van der Waals surface area contributed by atoms with Crippen molar-refractivity contribution in [3.05, 3.63) is 72.1 Å². The molecule has 6 heteroatoms. The van der Waals surface area contributed by atoms with Crippen molar-refractivity contribution in [1.82, 2.24) is 24.6 Å². The Morgan fingerprint density at radius 2 is 1.70 bits per heavy atom. The van der Waals surface area contributed by atoms with Crippen LogP contribution in [0.4, 0.5) is 0 Å². The van der Waals surface area contributed by atoms with Crippen molar-refractivity contribution in [1.29, 1.82) is 0 Å². The first kappa shape index (κ1) is 17.8. The molecule has 152 valence electrons. The number of aryl methyl sites for hydroxylation is 2. The minimum absolute atomic E-state index is 0.430. The number of para-hydroxylation sites is 3. The van der Waals surface area contributed by atoms with Crippen LogP contribution < -0.4 is 0 Å². The monoisotopic (exact) mass is 399 g/mol. The predicted octanol–water partition coefficient (Wildman–Crippen LogP) is 4.00. The number of imidazole rings is 1. The van der Waals surface area contributed by atoms with E-state index in [2.05, 4.69) is 57.1 Å². The van der Waals surface area contributed by atoms with E-state index in [-0.39, 0.29) is 0 Å². The zero-order valence-electron chi connectivity index (χ0n) is 16.9. The van der Waals surface area contributed by atoms with Crippen molar-refractivity contribution in [2.75, 3.05) is 19.6 Å². The summed E-state index contributed by atoms with van der Waals surface area (Å²) in [5.74, 6) is 3.77. The van der Waals surface area contributed by atoms with Gasteiger partial charge in [-0.25, -0.2) is 4.98 Å². The zero-order chi connectivity index (χ0) is 19.9. The topological polar surface area (TPSA) is 60.0 Å². The largest absolute Gasteiger partial charge is 0.339 e. The van der Waals surface area contributed by atoms with Crippen LogP contribution in [0.2, 0.25) is 0 Å². The molecule has 6 nitrogen and oxygen atoms in total. The maximum atomic E-state index is 5.65. The zero-order valence-corrected chi connectivity index (χ0v) is 16.9. The van der Waals surface area contributed by atoms with Gasteiger partial charge in [-0.3, -0.25) is 4.57 Å². The Morgan fingerprint density at radius 1 is 0.900 bits per heavy atom. The molecular formula is C24H25N5O. The van der Waals surface area contributed by atoms with E-state index in [4.69, 9.17) is 14.5 Å². The van der Waals surface area contributed by atoms with E-state index in [0.717, 1.165) is 41.3 Å². The Balaban J connectivity index is 1.26. The number of piperidine rings is 3. The second kappa shape index (κ2) is 7.36. The minimum Gasteiger partial charge on any atom is -0.339 e. The molecule has 0 N–H and O–H groups in total. The fourth-order valence-corrected chi connectivity index (χ4v) is 5.11. The molecule has 0 amide bonds. The van der Waals surface area contributed by atoms with E-state index in [1.165, 1.54) is 25.9 Å². The summed E-state index contributed by atoms with van der Waals surface area (Å²) >= 11 is 0. The first-order valence-corrected chi connectivity index (χ1v) is 10.9. The molecule has 3 saturated heterocycles. The Morgan fingerprint density at radius 3 is 2.50 bits per heavy atom. The van der Waals surface area contributed by atoms with Crippen molar-refractivity contribution in [2.24, 2.45) is 5.92 Å². The Bertz CT molecular complexity index is 1160. The molecule has 1 atom stereocenters. The minimum atomic E-state index is 0.430. The number of rotatable bonds is 5. The summed E-state index contributed by atoms with van der Waals surface area (Å²) in [4.78, 5) is 12.2. The molecule has 0 spiro atoms. The van der Waals surface area contributed by atoms with E-state index in [0.29, 0.717) is 24.1 Å². The van der Waals surface area contributed by atoms with Gasteiger partial charge in [-0.1, -0.05) is 35.5 Å². The van der Waals surface area contributed by atoms with Crippen LogP contribution in [0, 0.1) is 5.92 Å². The number of hydrogen-bond donors (Lipinski definition) is 0. The highest BCUT2D eigenvalue weighted by Crippen LogP contribution is 2.37. The molecular weight excluding hydrogens is 374 g/mol. The van der Waals surface area contributed by atoms with Crippen LogP contribution in [-0.2, 0) is 12.8 Å². The van der Waals surface area contributed by atoms with Crippen LogP contribution in [-0.4, -0.2) is 44.2 Å². The highest BCUT2D eigenvalue weighted by atomic mass is 16.5. The Kier molecular flexibility index (Phi) is 4.38. The standard InChI is InChI=1S/C24H25N5O/c1-2-6-18(7-3-1)29-21-9-5-4-8-20(21)25-22(29)10-11-23-26-24(27-30-23)19-16-28-14-12-17(19)13-15-28/h1-9,17,19H,10-16H2. The highest BCUT2D eigenvalue weighted by Gasteiger charge is 2.37. The molecule has 1 unspecified atom stereocenters. The second-order valence-corrected chi connectivity index (χ2v) is 8.48. The van der Waals surface area contributed by atoms with Crippen LogP contribution in [0.25, 0.3) is 16.7 Å². The lowest BCUT2D eigenvalue weighted by Crippen LogP contribution is -2.46. The van der Waals surface area contributed by atoms with Crippen molar-refractivity contribution in [2.45, 2.75) is 31.6 Å². The molecule has 4 aromatic rings. The van der Waals surface area contributed by atoms with Crippen molar-refractivity contribution in [3.63, 3.8) is 0 Å². The van der Waals surface area contributed by atoms with E-state index in [1.807, 2.05) is 12.1 Å². The van der Waals surface area contributed by atoms with Gasteiger partial charge >= 0.3 is 0 Å². The number of aromatic nitrogens is 4. The molecule has 3 aliphatic rings. The lowest BCUT2D eigenvalue weighted by Gasteiger charge is -2.43. The summed E-state index contributed by atoms with van der Waals surface area (Å²) in [6, 6.07) is 18.7. The molecule has 2 bridgehead atoms. The smallest absolute Gasteiger partial charge is 0.227 e. The molecule has 30 heavy (non-hydrogen) atoms. The van der Waals surface area contributed by atoms with Gasteiger partial charge in [0.05, 0.1) is 11.0 Å². The normalized spacial score (nSPS) is 23.3. The van der Waals surface area contributed by atoms with Crippen LogP contribution in [0.3, 0.4) is 0 Å². The van der Waals surface area contributed by atoms with Gasteiger partial charge in [-0.2, -0.15) is 4.98 Å². The quantitative estimate of drug-likeness (QED) is 0.508. The van der Waals surface area contributed by atoms with Gasteiger partial charge < -0.3 is 9.42 Å². The average molecular weight is 399 g/mol. The van der Waals surface area contributed by atoms with E-state index in [1.54, 1.807) is 0 Å². The molecule has 3 fully saturated rings. The summed E-state index contributed by atoms with van der Waals surface area (Å²) < 4.78 is 7.89. The average Bonchev–Trinajstić information content (AvgIpc) is 3.43. The third kappa shape index (κ3) is 3.12. The van der Waals surface area contributed by atoms with E-state index in [9.17, 15) is 0 Å². The van der Waals surface area contributed by atoms with Crippen LogP contribution >= 0.6 is 0 Å². The summed E-state index contributed by atoms with van der Waals surface area (Å²) in [5.41, 5.74) is 3.26. The summed E-state index contributed by atoms with van der Waals surface area (Å²) in [7, 11) is 0. The van der Waals surface area contributed by atoms with Crippen molar-refractivity contribution < 1.29 is 4.52 Å². The predicted molar refractivity (Wildman–Crippen MR) is 115 cm³/mol. The molecule has 2 aromatic carbocycles. The van der Waals surface area contributed by atoms with E-state index < -0.39 is 0 Å². The van der Waals surface area contributed by atoms with Gasteiger partial charge in [0, 0.05) is 31.0 Å². The lowest BCUT2D eigenvalue weighted by molar-refractivity contribution is 0.0825. The first-order chi connectivity index (χ1) is 14.8. The molecule has 0 radical (unpaired) electrons. The first-order valence-electron chi connectivity index (χ1n) is 10.9. The lowest BCUT2D eigenvalue weighted by atomic mass is 9.79. The molecule has 0 saturated carbocycles. The van der Waals surface area contributed by atoms with E-state index >= 15 is 0 Å². The van der Waals surface area contributed by atoms with Gasteiger partial charge in [0.1, 0.15) is 5.82 Å². The Labute approximate surface area is 175 Å². The summed E-state index contributed by atoms with van der Waals surface area (Å²) in [6.45, 7) is 3.52. The Hall–Kier alpha value is -2.99. The third-order valence-electron chi connectivity index (χ3n) is 6.68. The van der Waals surface area contributed by atoms with Crippen LogP contribution in [0.1, 0.15) is 36.3 Å². The maximum Gasteiger partial charge on any atom is 0.227 e. The van der Waals surface area contributed by atoms with Gasteiger partial charge in [-0.15, -0.1) is 0 Å². The highest BCUT2D eigenvalue weighted by molar-refractivity contribution is 5.78. The van der Waals surface area contributed by atoms with Crippen molar-refractivity contribution in [3.8, 4) is 5.69 Å². The second-order valence-electron chi connectivity index (χ2n) is 8.48. The fraction of sp³-hybridized carbons (Fsp3) is 0.375. The van der Waals surface area contributed by atoms with Crippen LogP contribution in [0.5, 0.6) is 0 Å². The fourth-order valence-electron chi connectivity index (χ4n) is 5.11. The maximum absolute atomic E-state index is 5.65. The number of hydrogen-bond acceptors (Lipinski definition) is 5. The molecule has 5 heterocycles. The van der Waals surface area contributed by atoms with Gasteiger partial charge in [0.25, 0.3) is 0 Å². The van der Waals surface area contributed by atoms with Gasteiger partial charge in [-0.05, 0) is 56.1 Å². The summed E-state index contributed by atoms with van der Waals surface area (Å²) in [5, 5.41) is 4.35. The molecule has 3 aliphatic heterocycles. The molecule has 2 aromatic heterocycles. The van der Waals surface area contributed by atoms with Crippen LogP contribution in [0.15, 0.2) is 59.1 Å². The number of nitrogens with zero attached hydrogens (tertiary/aromatic N) is 5. The number of fused-ring (bicyclic) bond motifs is 4. The summed E-state index contributed by atoms with van der Waals surface area (Å²) in [6.07, 6.45) is 3.97. The SMILES string of the molecule is c1ccc(-n2c(CCc3nc(C4CN5CCC4CC5)no3)nc3ccccc32)cc1.